The lowest BCUT2D eigenvalue weighted by atomic mass is 9.79. The van der Waals surface area contributed by atoms with Crippen LogP contribution in [0.4, 0.5) is 0 Å². The number of carbonyl (C=O) groups excluding carboxylic acids is 2. The monoisotopic (exact) mass is 569 g/mol. The quantitative estimate of drug-likeness (QED) is 0.297. The van der Waals surface area contributed by atoms with E-state index in [2.05, 4.69) is 19.6 Å². The van der Waals surface area contributed by atoms with Gasteiger partial charge in [0, 0.05) is 23.8 Å². The Labute approximate surface area is 237 Å². The van der Waals surface area contributed by atoms with Crippen LogP contribution >= 0.6 is 0 Å². The van der Waals surface area contributed by atoms with Gasteiger partial charge in [0.05, 0.1) is 49.2 Å². The van der Waals surface area contributed by atoms with Gasteiger partial charge in [0.15, 0.2) is 5.69 Å². The smallest absolute Gasteiger partial charge is 0.492 e. The van der Waals surface area contributed by atoms with Gasteiger partial charge < -0.3 is 38.5 Å². The Bertz CT molecular complexity index is 1370. The van der Waals surface area contributed by atoms with E-state index < -0.39 is 13.1 Å². The van der Waals surface area contributed by atoms with Crippen molar-refractivity contribution in [3.63, 3.8) is 0 Å². The lowest BCUT2D eigenvalue weighted by Gasteiger charge is -2.10. The summed E-state index contributed by atoms with van der Waals surface area (Å²) in [5.74, 6) is 1.45. The number of methoxy groups -OCH3 is 6. The van der Waals surface area contributed by atoms with Crippen molar-refractivity contribution in [3.8, 4) is 28.7 Å². The molecule has 1 aromatic heterocycles. The fourth-order valence-corrected chi connectivity index (χ4v) is 3.28. The fraction of sp³-hybridized carbons (Fsp3) is 0.259. The van der Waals surface area contributed by atoms with Crippen LogP contribution < -0.4 is 24.4 Å². The summed E-state index contributed by atoms with van der Waals surface area (Å²) in [6.07, 6.45) is 5.13. The lowest BCUT2D eigenvalue weighted by Crippen LogP contribution is -2.31. The number of hydrogen-bond acceptors (Lipinski definition) is 12. The van der Waals surface area contributed by atoms with Crippen molar-refractivity contribution in [1.82, 2.24) is 9.78 Å². The Morgan fingerprint density at radius 1 is 0.805 bits per heavy atom. The van der Waals surface area contributed by atoms with Crippen LogP contribution in [0.15, 0.2) is 65.8 Å². The molecule has 218 valence electrons. The third-order valence-corrected chi connectivity index (χ3v) is 5.37. The van der Waals surface area contributed by atoms with E-state index in [0.717, 1.165) is 0 Å². The molecule has 0 atom stereocenters. The summed E-state index contributed by atoms with van der Waals surface area (Å²) in [7, 11) is 7.26. The van der Waals surface area contributed by atoms with Gasteiger partial charge in [-0.15, -0.1) is 0 Å². The molecule has 41 heavy (non-hydrogen) atoms. The summed E-state index contributed by atoms with van der Waals surface area (Å²) in [5, 5.41) is 22.0. The summed E-state index contributed by atoms with van der Waals surface area (Å²) >= 11 is 0. The zero-order valence-corrected chi connectivity index (χ0v) is 23.6. The highest BCUT2D eigenvalue weighted by molar-refractivity contribution is 6.59. The molecule has 3 aromatic rings. The van der Waals surface area contributed by atoms with Crippen molar-refractivity contribution >= 4 is 30.2 Å². The number of nitrogens with zero attached hydrogens (tertiary/aromatic N) is 3. The molecule has 0 bridgehead atoms. The normalized spacial score (nSPS) is 11.1. The van der Waals surface area contributed by atoms with Crippen molar-refractivity contribution in [2.45, 2.75) is 0 Å². The number of aromatic nitrogens is 2. The van der Waals surface area contributed by atoms with Crippen molar-refractivity contribution in [2.75, 3.05) is 49.2 Å². The molecule has 4 rings (SSSR count). The predicted octanol–water partition coefficient (Wildman–Crippen LogP) is 1.23. The van der Waals surface area contributed by atoms with Gasteiger partial charge >= 0.3 is 19.1 Å². The van der Waals surface area contributed by atoms with E-state index in [1.165, 1.54) is 28.4 Å². The van der Waals surface area contributed by atoms with Crippen molar-refractivity contribution < 1.29 is 48.1 Å². The van der Waals surface area contributed by atoms with Crippen LogP contribution in [0, 0.1) is 0 Å². The summed E-state index contributed by atoms with van der Waals surface area (Å²) in [5.41, 5.74) is 1.68. The van der Waals surface area contributed by atoms with Gasteiger partial charge in [0.1, 0.15) is 34.4 Å². The standard InChI is InChI=1S/C13H14N2O4.C8H11BO4.C6H7NO2/c1-17-9-4-5-11(12(8-9)18-2)15-7-6-10(14-15)13(16)19-3;1-12-6-3-4-7(9(10)11)8(5-6)13-2;1-9-6(8)5-3-2-4-7-5/h4-8H,1-3H3;3-5,10-11H,1-2H3;2-3H,4H2,1H3. The molecule has 2 aromatic carbocycles. The summed E-state index contributed by atoms with van der Waals surface area (Å²) in [4.78, 5) is 25.8. The fourth-order valence-electron chi connectivity index (χ4n) is 3.28. The van der Waals surface area contributed by atoms with E-state index in [1.807, 2.05) is 6.08 Å². The largest absolute Gasteiger partial charge is 0.497 e. The molecule has 0 radical (unpaired) electrons. The first-order valence-corrected chi connectivity index (χ1v) is 12.0. The first kappa shape index (κ1) is 32.4. The van der Waals surface area contributed by atoms with Crippen LogP contribution in [0.5, 0.6) is 23.0 Å². The maximum atomic E-state index is 11.4. The molecule has 1 aliphatic rings. The molecule has 0 amide bonds. The van der Waals surface area contributed by atoms with Crippen molar-refractivity contribution in [3.05, 3.63) is 66.5 Å². The minimum absolute atomic E-state index is 0.236. The van der Waals surface area contributed by atoms with E-state index in [4.69, 9.17) is 29.0 Å². The van der Waals surface area contributed by atoms with Gasteiger partial charge in [-0.3, -0.25) is 4.99 Å². The second kappa shape index (κ2) is 16.3. The van der Waals surface area contributed by atoms with Crippen LogP contribution in [-0.4, -0.2) is 93.8 Å². The third kappa shape index (κ3) is 9.12. The Balaban J connectivity index is 0.000000232. The van der Waals surface area contributed by atoms with E-state index >= 15 is 0 Å². The van der Waals surface area contributed by atoms with Gasteiger partial charge in [0.25, 0.3) is 0 Å². The summed E-state index contributed by atoms with van der Waals surface area (Å²) in [6.45, 7) is 0.602. The van der Waals surface area contributed by atoms with Gasteiger partial charge in [-0.2, -0.15) is 5.10 Å². The van der Waals surface area contributed by atoms with E-state index in [9.17, 15) is 9.59 Å². The number of rotatable bonds is 8. The van der Waals surface area contributed by atoms with Gasteiger partial charge in [-0.1, -0.05) is 12.1 Å². The summed E-state index contributed by atoms with van der Waals surface area (Å²) < 4.78 is 30.9. The minimum Gasteiger partial charge on any atom is -0.497 e. The van der Waals surface area contributed by atoms with Crippen LogP contribution in [-0.2, 0) is 14.3 Å². The number of carbonyl (C=O) groups is 2. The lowest BCUT2D eigenvalue weighted by molar-refractivity contribution is -0.132. The van der Waals surface area contributed by atoms with Gasteiger partial charge in [-0.25, -0.2) is 14.3 Å². The molecule has 2 heterocycles. The second-order valence-electron chi connectivity index (χ2n) is 7.78. The molecule has 1 aliphatic heterocycles. The molecule has 0 unspecified atom stereocenters. The highest BCUT2D eigenvalue weighted by Crippen LogP contribution is 2.27. The van der Waals surface area contributed by atoms with Gasteiger partial charge in [-0.05, 0) is 30.3 Å². The Morgan fingerprint density at radius 2 is 1.41 bits per heavy atom. The third-order valence-electron chi connectivity index (χ3n) is 5.37. The van der Waals surface area contributed by atoms with E-state index in [-0.39, 0.29) is 11.7 Å². The zero-order chi connectivity index (χ0) is 30.4. The van der Waals surface area contributed by atoms with Crippen LogP contribution in [0.1, 0.15) is 10.5 Å². The Morgan fingerprint density at radius 3 is 1.93 bits per heavy atom. The first-order chi connectivity index (χ1) is 19.7. The van der Waals surface area contributed by atoms with Crippen molar-refractivity contribution in [2.24, 2.45) is 4.99 Å². The number of aliphatic imine (C=N–C) groups is 1. The van der Waals surface area contributed by atoms with Crippen LogP contribution in [0.2, 0.25) is 0 Å². The minimum atomic E-state index is -1.53. The average Bonchev–Trinajstić information content (AvgIpc) is 3.73. The van der Waals surface area contributed by atoms with Crippen molar-refractivity contribution in [1.29, 1.82) is 0 Å². The number of ether oxygens (including phenoxy) is 6. The Hall–Kier alpha value is -4.82. The highest BCUT2D eigenvalue weighted by atomic mass is 16.5. The maximum absolute atomic E-state index is 11.4. The molecule has 0 saturated carbocycles. The highest BCUT2D eigenvalue weighted by Gasteiger charge is 2.17. The molecule has 0 fully saturated rings. The maximum Gasteiger partial charge on any atom is 0.492 e. The molecular formula is C27H32BN3O10. The molecular weight excluding hydrogens is 537 g/mol. The predicted molar refractivity (Wildman–Crippen MR) is 151 cm³/mol. The number of benzene rings is 2. The summed E-state index contributed by atoms with van der Waals surface area (Å²) in [6, 6.07) is 11.7. The molecule has 2 N–H and O–H groups in total. The van der Waals surface area contributed by atoms with E-state index in [1.54, 1.807) is 73.6 Å². The number of hydrogen-bond donors (Lipinski definition) is 2. The molecule has 0 saturated heterocycles. The molecule has 0 spiro atoms. The van der Waals surface area contributed by atoms with Crippen LogP contribution in [0.3, 0.4) is 0 Å². The van der Waals surface area contributed by atoms with Crippen LogP contribution in [0.25, 0.3) is 5.69 Å². The van der Waals surface area contributed by atoms with E-state index in [0.29, 0.717) is 46.4 Å². The first-order valence-electron chi connectivity index (χ1n) is 12.0. The average molecular weight is 569 g/mol. The SMILES string of the molecule is COC(=O)C1=NCC=C1.COC(=O)c1ccn(-c2ccc(OC)cc2OC)n1.COc1ccc(B(O)O)c(OC)c1. The topological polar surface area (TPSA) is 160 Å². The second-order valence-corrected chi connectivity index (χ2v) is 7.78. The molecule has 13 nitrogen and oxygen atoms in total. The Kier molecular flexibility index (Phi) is 12.9. The molecule has 14 heteroatoms. The number of esters is 2. The molecule has 0 aliphatic carbocycles. The zero-order valence-electron chi connectivity index (χ0n) is 23.6. The van der Waals surface area contributed by atoms with Gasteiger partial charge in [0.2, 0.25) is 0 Å².